The number of carboxylic acid groups (broad SMARTS) is 1. The molecule has 0 heterocycles. The van der Waals surface area contributed by atoms with Crippen LogP contribution in [0.3, 0.4) is 0 Å². The van der Waals surface area contributed by atoms with Crippen LogP contribution in [0, 0.1) is 0 Å². The fourth-order valence-electron chi connectivity index (χ4n) is 3.68. The summed E-state index contributed by atoms with van der Waals surface area (Å²) in [6, 6.07) is 19.2. The first-order chi connectivity index (χ1) is 16.9. The molecule has 0 aliphatic heterocycles. The number of carbonyl (C=O) groups is 2. The first-order valence-corrected chi connectivity index (χ1v) is 11.0. The summed E-state index contributed by atoms with van der Waals surface area (Å²) >= 11 is 0. The van der Waals surface area contributed by atoms with Crippen molar-refractivity contribution in [1.29, 1.82) is 0 Å². The van der Waals surface area contributed by atoms with E-state index in [-0.39, 0.29) is 36.4 Å². The van der Waals surface area contributed by atoms with Gasteiger partial charge in [-0.15, -0.1) is 0 Å². The van der Waals surface area contributed by atoms with E-state index in [0.717, 1.165) is 11.1 Å². The van der Waals surface area contributed by atoms with Crippen LogP contribution in [0.15, 0.2) is 66.7 Å². The Balaban J connectivity index is 1.88. The fourth-order valence-corrected chi connectivity index (χ4v) is 3.68. The molecule has 0 aromatic heterocycles. The van der Waals surface area contributed by atoms with E-state index in [2.05, 4.69) is 0 Å². The second kappa shape index (κ2) is 11.8. The van der Waals surface area contributed by atoms with Gasteiger partial charge in [0, 0.05) is 12.6 Å². The van der Waals surface area contributed by atoms with Gasteiger partial charge in [0.2, 0.25) is 0 Å². The molecule has 0 saturated carbocycles. The van der Waals surface area contributed by atoms with Crippen LogP contribution in [0.4, 0.5) is 0 Å². The van der Waals surface area contributed by atoms with Gasteiger partial charge in [0.25, 0.3) is 5.91 Å². The van der Waals surface area contributed by atoms with Crippen LogP contribution >= 0.6 is 0 Å². The number of hydrogen-bond acceptors (Lipinski definition) is 6. The summed E-state index contributed by atoms with van der Waals surface area (Å²) in [7, 11) is 4.59. The van der Waals surface area contributed by atoms with Gasteiger partial charge in [-0.2, -0.15) is 0 Å². The molecule has 3 aromatic rings. The Morgan fingerprint density at radius 2 is 1.57 bits per heavy atom. The molecule has 8 heteroatoms. The molecular weight excluding hydrogens is 450 g/mol. The lowest BCUT2D eigenvalue weighted by molar-refractivity contribution is -0.136. The molecule has 0 radical (unpaired) electrons. The molecule has 0 bridgehead atoms. The van der Waals surface area contributed by atoms with Crippen molar-refractivity contribution in [2.45, 2.75) is 19.5 Å². The summed E-state index contributed by atoms with van der Waals surface area (Å²) in [4.78, 5) is 26.7. The highest BCUT2D eigenvalue weighted by molar-refractivity contribution is 5.91. The average Bonchev–Trinajstić information content (AvgIpc) is 2.89. The SMILES string of the molecule is COc1ccc(C(=O)O)c(OCC(=O)N(Cc2ccc(OC)c(OC)c2)[C@H](C)c2ccccc2)c1. The third-order valence-electron chi connectivity index (χ3n) is 5.64. The largest absolute Gasteiger partial charge is 0.497 e. The summed E-state index contributed by atoms with van der Waals surface area (Å²) in [6.07, 6.45) is 0. The highest BCUT2D eigenvalue weighted by Gasteiger charge is 2.24. The van der Waals surface area contributed by atoms with Crippen LogP contribution in [-0.2, 0) is 11.3 Å². The van der Waals surface area contributed by atoms with Crippen LogP contribution < -0.4 is 18.9 Å². The first-order valence-electron chi connectivity index (χ1n) is 11.0. The van der Waals surface area contributed by atoms with Crippen molar-refractivity contribution in [3.63, 3.8) is 0 Å². The highest BCUT2D eigenvalue weighted by Crippen LogP contribution is 2.30. The van der Waals surface area contributed by atoms with E-state index in [0.29, 0.717) is 17.2 Å². The van der Waals surface area contributed by atoms with Crippen molar-refractivity contribution in [2.75, 3.05) is 27.9 Å². The van der Waals surface area contributed by atoms with Crippen LogP contribution in [0.2, 0.25) is 0 Å². The van der Waals surface area contributed by atoms with Gasteiger partial charge in [-0.25, -0.2) is 4.79 Å². The lowest BCUT2D eigenvalue weighted by atomic mass is 10.1. The van der Waals surface area contributed by atoms with Crippen LogP contribution in [0.25, 0.3) is 0 Å². The molecule has 184 valence electrons. The Morgan fingerprint density at radius 3 is 2.20 bits per heavy atom. The molecule has 0 unspecified atom stereocenters. The summed E-state index contributed by atoms with van der Waals surface area (Å²) in [5, 5.41) is 9.49. The maximum absolute atomic E-state index is 13.4. The van der Waals surface area contributed by atoms with Crippen LogP contribution in [0.1, 0.15) is 34.5 Å². The number of rotatable bonds is 11. The number of carbonyl (C=O) groups excluding carboxylic acids is 1. The minimum atomic E-state index is -1.16. The maximum Gasteiger partial charge on any atom is 0.339 e. The topological polar surface area (TPSA) is 94.5 Å². The summed E-state index contributed by atoms with van der Waals surface area (Å²) < 4.78 is 21.6. The molecule has 1 N–H and O–H groups in total. The number of ether oxygens (including phenoxy) is 4. The molecule has 1 atom stereocenters. The van der Waals surface area contributed by atoms with E-state index in [9.17, 15) is 14.7 Å². The lowest BCUT2D eigenvalue weighted by Crippen LogP contribution is -2.36. The van der Waals surface area contributed by atoms with Crippen molar-refractivity contribution in [3.8, 4) is 23.0 Å². The Kier molecular flexibility index (Phi) is 8.56. The van der Waals surface area contributed by atoms with E-state index < -0.39 is 5.97 Å². The van der Waals surface area contributed by atoms with Gasteiger partial charge < -0.3 is 29.0 Å². The number of methoxy groups -OCH3 is 3. The monoisotopic (exact) mass is 479 g/mol. The Hall–Kier alpha value is -4.20. The fraction of sp³-hybridized carbons (Fsp3) is 0.259. The van der Waals surface area contributed by atoms with E-state index in [4.69, 9.17) is 18.9 Å². The Bertz CT molecular complexity index is 1160. The normalized spacial score (nSPS) is 11.3. The third kappa shape index (κ3) is 6.23. The van der Waals surface area contributed by atoms with E-state index >= 15 is 0 Å². The molecule has 0 aliphatic rings. The molecule has 0 saturated heterocycles. The minimum Gasteiger partial charge on any atom is -0.497 e. The number of hydrogen-bond donors (Lipinski definition) is 1. The van der Waals surface area contributed by atoms with Crippen molar-refractivity contribution in [2.24, 2.45) is 0 Å². The van der Waals surface area contributed by atoms with Crippen molar-refractivity contribution >= 4 is 11.9 Å². The van der Waals surface area contributed by atoms with E-state index in [1.165, 1.54) is 25.3 Å². The molecule has 0 spiro atoms. The van der Waals surface area contributed by atoms with Crippen molar-refractivity contribution < 1.29 is 33.6 Å². The maximum atomic E-state index is 13.4. The Labute approximate surface area is 204 Å². The molecule has 3 rings (SSSR count). The predicted molar refractivity (Wildman–Crippen MR) is 130 cm³/mol. The van der Waals surface area contributed by atoms with Gasteiger partial charge in [0.1, 0.15) is 17.1 Å². The molecule has 8 nitrogen and oxygen atoms in total. The smallest absolute Gasteiger partial charge is 0.339 e. The van der Waals surface area contributed by atoms with Gasteiger partial charge in [0.15, 0.2) is 18.1 Å². The van der Waals surface area contributed by atoms with Gasteiger partial charge in [-0.05, 0) is 42.3 Å². The van der Waals surface area contributed by atoms with E-state index in [1.54, 1.807) is 25.2 Å². The predicted octanol–water partition coefficient (Wildman–Crippen LogP) is 4.58. The highest BCUT2D eigenvalue weighted by atomic mass is 16.5. The van der Waals surface area contributed by atoms with Gasteiger partial charge in [0.05, 0.1) is 27.4 Å². The Morgan fingerprint density at radius 1 is 0.857 bits per heavy atom. The zero-order valence-corrected chi connectivity index (χ0v) is 20.2. The second-order valence-electron chi connectivity index (χ2n) is 7.75. The summed E-state index contributed by atoms with van der Waals surface area (Å²) in [6.45, 7) is 1.86. The van der Waals surface area contributed by atoms with Crippen LogP contribution in [0.5, 0.6) is 23.0 Å². The minimum absolute atomic E-state index is 0.0545. The molecule has 0 aliphatic carbocycles. The zero-order chi connectivity index (χ0) is 25.4. The molecule has 35 heavy (non-hydrogen) atoms. The quantitative estimate of drug-likeness (QED) is 0.430. The number of aromatic carboxylic acids is 1. The molecule has 1 amide bonds. The number of nitrogens with zero attached hydrogens (tertiary/aromatic N) is 1. The first kappa shape index (κ1) is 25.4. The average molecular weight is 480 g/mol. The van der Waals surface area contributed by atoms with Gasteiger partial charge in [-0.1, -0.05) is 36.4 Å². The van der Waals surface area contributed by atoms with Crippen molar-refractivity contribution in [3.05, 3.63) is 83.4 Å². The van der Waals surface area contributed by atoms with Crippen molar-refractivity contribution in [1.82, 2.24) is 4.90 Å². The lowest BCUT2D eigenvalue weighted by Gasteiger charge is -2.30. The molecular formula is C27H29NO7. The van der Waals surface area contributed by atoms with Gasteiger partial charge in [-0.3, -0.25) is 4.79 Å². The standard InChI is InChI=1S/C27H29NO7/c1-18(20-8-6-5-7-9-20)28(16-19-10-13-23(33-3)25(14-19)34-4)26(29)17-35-24-15-21(32-2)11-12-22(24)27(30)31/h5-15,18H,16-17H2,1-4H3,(H,30,31)/t18-/m1/s1. The third-order valence-corrected chi connectivity index (χ3v) is 5.64. The molecule has 3 aromatic carbocycles. The van der Waals surface area contributed by atoms with Gasteiger partial charge >= 0.3 is 5.97 Å². The summed E-state index contributed by atoms with van der Waals surface area (Å²) in [5.41, 5.74) is 1.74. The molecule has 0 fully saturated rings. The van der Waals surface area contributed by atoms with Crippen LogP contribution in [-0.4, -0.2) is 49.8 Å². The number of amides is 1. The number of benzene rings is 3. The second-order valence-corrected chi connectivity index (χ2v) is 7.75. The number of carboxylic acids is 1. The summed E-state index contributed by atoms with van der Waals surface area (Å²) in [5.74, 6) is 0.169. The van der Waals surface area contributed by atoms with E-state index in [1.807, 2.05) is 49.4 Å². The zero-order valence-electron chi connectivity index (χ0n) is 20.2.